The number of hydrogen-bond acceptors (Lipinski definition) is 5. The second-order valence-electron chi connectivity index (χ2n) is 3.74. The number of rotatable bonds is 3. The van der Waals surface area contributed by atoms with E-state index in [1.54, 1.807) is 11.3 Å². The third-order valence-corrected chi connectivity index (χ3v) is 4.25. The Morgan fingerprint density at radius 2 is 2.24 bits per heavy atom. The van der Waals surface area contributed by atoms with Crippen LogP contribution in [0.2, 0.25) is 0 Å². The lowest BCUT2D eigenvalue weighted by atomic mass is 10.0. The molecule has 1 unspecified atom stereocenters. The Balaban J connectivity index is 2.16. The first-order valence-corrected chi connectivity index (χ1v) is 6.92. The van der Waals surface area contributed by atoms with Crippen molar-refractivity contribution in [2.45, 2.75) is 6.04 Å². The summed E-state index contributed by atoms with van der Waals surface area (Å²) >= 11 is 3.02. The maximum atomic E-state index is 4.33. The van der Waals surface area contributed by atoms with Crippen molar-refractivity contribution in [3.05, 3.63) is 47.1 Å². The van der Waals surface area contributed by atoms with E-state index in [0.29, 0.717) is 0 Å². The fraction of sp³-hybridized carbons (Fsp3) is 0.167. The van der Waals surface area contributed by atoms with E-state index >= 15 is 0 Å². The third-order valence-electron chi connectivity index (χ3n) is 2.78. The SMILES string of the molecule is CNC(c1cnsn1)c1cccc2ccsc12. The minimum atomic E-state index is 0.121. The van der Waals surface area contributed by atoms with Crippen molar-refractivity contribution in [3.63, 3.8) is 0 Å². The van der Waals surface area contributed by atoms with Gasteiger partial charge in [-0.2, -0.15) is 8.75 Å². The molecule has 0 aliphatic carbocycles. The molecule has 0 aliphatic rings. The number of nitrogens with zero attached hydrogens (tertiary/aromatic N) is 2. The minimum Gasteiger partial charge on any atom is -0.308 e. The zero-order valence-corrected chi connectivity index (χ0v) is 10.9. The van der Waals surface area contributed by atoms with Crippen LogP contribution >= 0.6 is 23.1 Å². The molecule has 0 radical (unpaired) electrons. The van der Waals surface area contributed by atoms with E-state index in [4.69, 9.17) is 0 Å². The fourth-order valence-corrected chi connectivity index (χ4v) is 3.40. The lowest BCUT2D eigenvalue weighted by Crippen LogP contribution is -2.17. The first-order chi connectivity index (χ1) is 8.40. The molecular weight excluding hydrogens is 250 g/mol. The third kappa shape index (κ3) is 1.86. The van der Waals surface area contributed by atoms with Gasteiger partial charge in [-0.1, -0.05) is 18.2 Å². The Kier molecular flexibility index (Phi) is 2.88. The molecule has 3 aromatic rings. The summed E-state index contributed by atoms with van der Waals surface area (Å²) in [6.45, 7) is 0. The van der Waals surface area contributed by atoms with E-state index in [-0.39, 0.29) is 6.04 Å². The maximum Gasteiger partial charge on any atom is 0.0958 e. The van der Waals surface area contributed by atoms with E-state index in [2.05, 4.69) is 43.7 Å². The van der Waals surface area contributed by atoms with Gasteiger partial charge in [0.05, 0.1) is 29.7 Å². The second kappa shape index (κ2) is 4.52. The Morgan fingerprint density at radius 3 is 3.00 bits per heavy atom. The summed E-state index contributed by atoms with van der Waals surface area (Å²) in [5, 5.41) is 6.73. The van der Waals surface area contributed by atoms with Crippen LogP contribution in [0.15, 0.2) is 35.8 Å². The summed E-state index contributed by atoms with van der Waals surface area (Å²) in [5.74, 6) is 0. The molecule has 86 valence electrons. The van der Waals surface area contributed by atoms with Crippen molar-refractivity contribution in [3.8, 4) is 0 Å². The fourth-order valence-electron chi connectivity index (χ4n) is 2.01. The summed E-state index contributed by atoms with van der Waals surface area (Å²) in [5.41, 5.74) is 2.26. The summed E-state index contributed by atoms with van der Waals surface area (Å²) in [4.78, 5) is 0. The topological polar surface area (TPSA) is 37.8 Å². The van der Waals surface area contributed by atoms with Gasteiger partial charge in [0.15, 0.2) is 0 Å². The molecule has 0 saturated heterocycles. The lowest BCUT2D eigenvalue weighted by Gasteiger charge is -2.14. The van der Waals surface area contributed by atoms with Gasteiger partial charge in [0.25, 0.3) is 0 Å². The first-order valence-electron chi connectivity index (χ1n) is 5.31. The number of hydrogen-bond donors (Lipinski definition) is 1. The van der Waals surface area contributed by atoms with Crippen molar-refractivity contribution in [1.82, 2.24) is 14.1 Å². The average Bonchev–Trinajstić information content (AvgIpc) is 3.00. The van der Waals surface area contributed by atoms with Crippen LogP contribution in [-0.2, 0) is 0 Å². The van der Waals surface area contributed by atoms with Gasteiger partial charge in [0.2, 0.25) is 0 Å². The predicted octanol–water partition coefficient (Wildman–Crippen LogP) is 3.06. The molecule has 1 N–H and O–H groups in total. The molecule has 0 aliphatic heterocycles. The molecule has 2 heterocycles. The van der Waals surface area contributed by atoms with Crippen LogP contribution in [-0.4, -0.2) is 15.8 Å². The standard InChI is InChI=1S/C12H11N3S2/c1-13-11(10-7-14-17-15-10)9-4-2-3-8-5-6-16-12(8)9/h2-7,11,13H,1H3. The average molecular weight is 261 g/mol. The first kappa shape index (κ1) is 10.8. The Morgan fingerprint density at radius 1 is 1.29 bits per heavy atom. The zero-order valence-electron chi connectivity index (χ0n) is 9.25. The van der Waals surface area contributed by atoms with Crippen molar-refractivity contribution < 1.29 is 0 Å². The molecule has 1 aromatic carbocycles. The Hall–Kier alpha value is -1.30. The molecule has 5 heteroatoms. The van der Waals surface area contributed by atoms with E-state index in [1.807, 2.05) is 13.2 Å². The molecule has 3 rings (SSSR count). The van der Waals surface area contributed by atoms with Crippen LogP contribution in [0.3, 0.4) is 0 Å². The summed E-state index contributed by atoms with van der Waals surface area (Å²) in [7, 11) is 1.95. The van der Waals surface area contributed by atoms with Crippen LogP contribution in [0.5, 0.6) is 0 Å². The van der Waals surface area contributed by atoms with Crippen LogP contribution < -0.4 is 5.32 Å². The number of aromatic nitrogens is 2. The molecule has 0 bridgehead atoms. The van der Waals surface area contributed by atoms with Crippen molar-refractivity contribution >= 4 is 33.2 Å². The van der Waals surface area contributed by atoms with Gasteiger partial charge in [0, 0.05) is 4.70 Å². The highest BCUT2D eigenvalue weighted by Gasteiger charge is 2.17. The molecule has 0 spiro atoms. The minimum absolute atomic E-state index is 0.121. The van der Waals surface area contributed by atoms with Gasteiger partial charge in [-0.05, 0) is 29.4 Å². The van der Waals surface area contributed by atoms with Gasteiger partial charge in [0.1, 0.15) is 0 Å². The van der Waals surface area contributed by atoms with Crippen LogP contribution in [0.4, 0.5) is 0 Å². The lowest BCUT2D eigenvalue weighted by molar-refractivity contribution is 0.683. The molecule has 0 fully saturated rings. The monoisotopic (exact) mass is 261 g/mol. The van der Waals surface area contributed by atoms with Gasteiger partial charge in [-0.3, -0.25) is 0 Å². The molecule has 3 nitrogen and oxygen atoms in total. The number of nitrogens with one attached hydrogen (secondary N) is 1. The smallest absolute Gasteiger partial charge is 0.0958 e. The highest BCUT2D eigenvalue weighted by atomic mass is 32.1. The summed E-state index contributed by atoms with van der Waals surface area (Å²) < 4.78 is 9.73. The largest absolute Gasteiger partial charge is 0.308 e. The Labute approximate surface area is 107 Å². The number of thiophene rings is 1. The highest BCUT2D eigenvalue weighted by Crippen LogP contribution is 2.31. The van der Waals surface area contributed by atoms with E-state index in [9.17, 15) is 0 Å². The van der Waals surface area contributed by atoms with Crippen molar-refractivity contribution in [2.24, 2.45) is 0 Å². The van der Waals surface area contributed by atoms with Crippen molar-refractivity contribution in [1.29, 1.82) is 0 Å². The molecule has 0 amide bonds. The quantitative estimate of drug-likeness (QED) is 0.787. The van der Waals surface area contributed by atoms with Crippen molar-refractivity contribution in [2.75, 3.05) is 7.05 Å². The van der Waals surface area contributed by atoms with Gasteiger partial charge < -0.3 is 5.32 Å². The summed E-state index contributed by atoms with van der Waals surface area (Å²) in [6, 6.07) is 8.65. The molecule has 17 heavy (non-hydrogen) atoms. The number of benzene rings is 1. The number of fused-ring (bicyclic) bond motifs is 1. The molecule has 0 saturated carbocycles. The zero-order chi connectivity index (χ0) is 11.7. The van der Waals surface area contributed by atoms with Gasteiger partial charge in [-0.25, -0.2) is 0 Å². The van der Waals surface area contributed by atoms with Crippen LogP contribution in [0, 0.1) is 0 Å². The second-order valence-corrected chi connectivity index (χ2v) is 5.21. The van der Waals surface area contributed by atoms with Crippen LogP contribution in [0.25, 0.3) is 10.1 Å². The molecule has 2 aromatic heterocycles. The Bertz CT molecular complexity index is 616. The maximum absolute atomic E-state index is 4.33. The summed E-state index contributed by atoms with van der Waals surface area (Å²) in [6.07, 6.45) is 1.83. The molecular formula is C12H11N3S2. The van der Waals surface area contributed by atoms with E-state index in [1.165, 1.54) is 27.4 Å². The van der Waals surface area contributed by atoms with Gasteiger partial charge in [-0.15, -0.1) is 11.3 Å². The predicted molar refractivity (Wildman–Crippen MR) is 72.6 cm³/mol. The highest BCUT2D eigenvalue weighted by molar-refractivity contribution is 7.17. The van der Waals surface area contributed by atoms with Gasteiger partial charge >= 0.3 is 0 Å². The van der Waals surface area contributed by atoms with E-state index < -0.39 is 0 Å². The van der Waals surface area contributed by atoms with Crippen LogP contribution in [0.1, 0.15) is 17.3 Å². The normalized spacial score (nSPS) is 13.0. The van der Waals surface area contributed by atoms with E-state index in [0.717, 1.165) is 5.69 Å². The molecule has 1 atom stereocenters.